The number of hydrazine groups is 1. The predicted molar refractivity (Wildman–Crippen MR) is 180 cm³/mol. The van der Waals surface area contributed by atoms with Gasteiger partial charge in [-0.05, 0) is 49.3 Å². The minimum absolute atomic E-state index is 0.00000219. The first kappa shape index (κ1) is 35.1. The third kappa shape index (κ3) is 9.60. The average molecular weight is 644 g/mol. The van der Waals surface area contributed by atoms with E-state index >= 15 is 0 Å². The van der Waals surface area contributed by atoms with Crippen molar-refractivity contribution in [1.29, 1.82) is 0 Å². The van der Waals surface area contributed by atoms with E-state index in [2.05, 4.69) is 15.7 Å². The number of carbonyl (C=O) groups is 4. The van der Waals surface area contributed by atoms with E-state index in [9.17, 15) is 24.3 Å². The first-order chi connectivity index (χ1) is 22.4. The lowest BCUT2D eigenvalue weighted by atomic mass is 10.0. The van der Waals surface area contributed by atoms with E-state index < -0.39 is 35.9 Å². The van der Waals surface area contributed by atoms with E-state index in [4.69, 9.17) is 5.73 Å². The molecule has 12 nitrogen and oxygen atoms in total. The van der Waals surface area contributed by atoms with Crippen LogP contribution in [0.3, 0.4) is 0 Å². The molecule has 250 valence electrons. The standard InChI is InChI=1S/C35H45N7O5/c1-23(2)15-16-29(44)19-33(45)42(20-27-12-7-8-17-37-27)39-34(46)31(38-25(4)43)18-28-21-40(35(47)24(3)36)22-41(28)32-14-9-11-26-10-5-6-13-30(26)32/h5-14,17,21,23-24,29,31,44H,15-16,18-20,22,36H2,1-4H3,(H,38,43)(H,39,46)/t24-,29-,31+/m0/s1. The average Bonchev–Trinajstić information content (AvgIpc) is 3.46. The second-order valence-corrected chi connectivity index (χ2v) is 12.3. The van der Waals surface area contributed by atoms with E-state index in [1.165, 1.54) is 11.8 Å². The van der Waals surface area contributed by atoms with Gasteiger partial charge in [0, 0.05) is 36.8 Å². The largest absolute Gasteiger partial charge is 0.393 e. The maximum Gasteiger partial charge on any atom is 0.261 e. The maximum atomic E-state index is 13.9. The lowest BCUT2D eigenvalue weighted by Crippen LogP contribution is -2.54. The molecular formula is C35H45N7O5. The summed E-state index contributed by atoms with van der Waals surface area (Å²) in [5.74, 6) is -1.52. The summed E-state index contributed by atoms with van der Waals surface area (Å²) in [5.41, 5.74) is 10.6. The highest BCUT2D eigenvalue weighted by molar-refractivity contribution is 5.96. The molecule has 0 radical (unpaired) electrons. The van der Waals surface area contributed by atoms with Gasteiger partial charge in [0.05, 0.1) is 36.5 Å². The fraction of sp³-hybridized carbons (Fsp3) is 0.400. The van der Waals surface area contributed by atoms with E-state index in [0.29, 0.717) is 23.7 Å². The number of aliphatic hydroxyl groups excluding tert-OH is 1. The monoisotopic (exact) mass is 643 g/mol. The van der Waals surface area contributed by atoms with Crippen LogP contribution in [0.25, 0.3) is 10.8 Å². The van der Waals surface area contributed by atoms with Gasteiger partial charge in [0.25, 0.3) is 5.91 Å². The number of amides is 4. The number of pyridine rings is 1. The molecule has 0 saturated heterocycles. The summed E-state index contributed by atoms with van der Waals surface area (Å²) in [4.78, 5) is 60.4. The third-order valence-corrected chi connectivity index (χ3v) is 7.86. The minimum atomic E-state index is -1.12. The van der Waals surface area contributed by atoms with E-state index in [-0.39, 0.29) is 32.0 Å². The Labute approximate surface area is 275 Å². The van der Waals surface area contributed by atoms with E-state index in [1.54, 1.807) is 37.5 Å². The molecule has 0 unspecified atom stereocenters. The summed E-state index contributed by atoms with van der Waals surface area (Å²) in [6, 6.07) is 17.0. The zero-order valence-electron chi connectivity index (χ0n) is 27.4. The van der Waals surface area contributed by atoms with Gasteiger partial charge >= 0.3 is 0 Å². The number of carbonyl (C=O) groups excluding carboxylic acids is 4. The lowest BCUT2D eigenvalue weighted by molar-refractivity contribution is -0.145. The number of aliphatic hydroxyl groups is 1. The molecule has 3 aromatic rings. The predicted octanol–water partition coefficient (Wildman–Crippen LogP) is 3.17. The molecule has 47 heavy (non-hydrogen) atoms. The van der Waals surface area contributed by atoms with Crippen molar-refractivity contribution in [2.75, 3.05) is 11.6 Å². The van der Waals surface area contributed by atoms with Crippen molar-refractivity contribution in [3.63, 3.8) is 0 Å². The molecule has 2 heterocycles. The van der Waals surface area contributed by atoms with Crippen LogP contribution >= 0.6 is 0 Å². The van der Waals surface area contributed by atoms with Crippen molar-refractivity contribution >= 4 is 40.1 Å². The second-order valence-electron chi connectivity index (χ2n) is 12.3. The van der Waals surface area contributed by atoms with Crippen LogP contribution in [0.4, 0.5) is 5.69 Å². The number of aromatic nitrogens is 1. The molecule has 1 aliphatic heterocycles. The first-order valence-corrected chi connectivity index (χ1v) is 15.9. The smallest absolute Gasteiger partial charge is 0.261 e. The van der Waals surface area contributed by atoms with Crippen molar-refractivity contribution in [1.82, 2.24) is 25.6 Å². The molecule has 4 rings (SSSR count). The molecule has 4 amide bonds. The molecule has 3 atom stereocenters. The molecule has 5 N–H and O–H groups in total. The molecule has 2 aromatic carbocycles. The Hall–Kier alpha value is -4.81. The van der Waals surface area contributed by atoms with Crippen LogP contribution in [0.15, 0.2) is 78.8 Å². The molecule has 1 aliphatic rings. The van der Waals surface area contributed by atoms with E-state index in [0.717, 1.165) is 27.9 Å². The van der Waals surface area contributed by atoms with Gasteiger partial charge in [-0.1, -0.05) is 56.3 Å². The van der Waals surface area contributed by atoms with Crippen molar-refractivity contribution in [2.45, 2.75) is 78.1 Å². The number of rotatable bonds is 13. The lowest BCUT2D eigenvalue weighted by Gasteiger charge is -2.29. The van der Waals surface area contributed by atoms with Crippen molar-refractivity contribution in [2.24, 2.45) is 11.7 Å². The van der Waals surface area contributed by atoms with Crippen LogP contribution in [-0.4, -0.2) is 68.5 Å². The van der Waals surface area contributed by atoms with Crippen LogP contribution in [0.5, 0.6) is 0 Å². The van der Waals surface area contributed by atoms with Gasteiger partial charge in [0.1, 0.15) is 12.7 Å². The summed E-state index contributed by atoms with van der Waals surface area (Å²) < 4.78 is 0. The maximum absolute atomic E-state index is 13.9. The molecule has 12 heteroatoms. The molecule has 0 fully saturated rings. The Morgan fingerprint density at radius 2 is 1.72 bits per heavy atom. The Bertz CT molecular complexity index is 1590. The molecule has 0 saturated carbocycles. The highest BCUT2D eigenvalue weighted by Crippen LogP contribution is 2.34. The summed E-state index contributed by atoms with van der Waals surface area (Å²) in [6.07, 6.45) is 3.34. The quantitative estimate of drug-likeness (QED) is 0.207. The Morgan fingerprint density at radius 3 is 2.40 bits per heavy atom. The van der Waals surface area contributed by atoms with Crippen LogP contribution in [-0.2, 0) is 25.7 Å². The molecular weight excluding hydrogens is 598 g/mol. The number of hydrogen-bond donors (Lipinski definition) is 4. The SMILES string of the molecule is CC(=O)N[C@H](CC1=CN(C(=O)[C@H](C)N)CN1c1cccc2ccccc12)C(=O)NN(Cc1ccccn1)C(=O)C[C@@H](O)CCC(C)C. The van der Waals surface area contributed by atoms with Gasteiger partial charge in [-0.25, -0.2) is 5.01 Å². The van der Waals surface area contributed by atoms with Gasteiger partial charge in [0.2, 0.25) is 17.7 Å². The fourth-order valence-electron chi connectivity index (χ4n) is 5.42. The first-order valence-electron chi connectivity index (χ1n) is 15.9. The van der Waals surface area contributed by atoms with Gasteiger partial charge in [-0.3, -0.25) is 34.5 Å². The normalized spacial score (nSPS) is 14.8. The molecule has 1 aromatic heterocycles. The Morgan fingerprint density at radius 1 is 1.00 bits per heavy atom. The molecule has 0 spiro atoms. The summed E-state index contributed by atoms with van der Waals surface area (Å²) in [7, 11) is 0. The van der Waals surface area contributed by atoms with Gasteiger partial charge in [-0.15, -0.1) is 0 Å². The molecule has 0 bridgehead atoms. The second kappa shape index (κ2) is 16.1. The summed E-state index contributed by atoms with van der Waals surface area (Å²) >= 11 is 0. The number of hydrogen-bond acceptors (Lipinski definition) is 8. The number of fused-ring (bicyclic) bond motifs is 1. The van der Waals surface area contributed by atoms with Crippen molar-refractivity contribution < 1.29 is 24.3 Å². The Kier molecular flexibility index (Phi) is 12.0. The minimum Gasteiger partial charge on any atom is -0.393 e. The van der Waals surface area contributed by atoms with Crippen LogP contribution in [0.1, 0.15) is 59.1 Å². The van der Waals surface area contributed by atoms with Crippen molar-refractivity contribution in [3.8, 4) is 0 Å². The zero-order chi connectivity index (χ0) is 34.1. The molecule has 0 aliphatic carbocycles. The van der Waals surface area contributed by atoms with Gasteiger partial charge in [-0.2, -0.15) is 0 Å². The van der Waals surface area contributed by atoms with Crippen LogP contribution in [0, 0.1) is 5.92 Å². The summed E-state index contributed by atoms with van der Waals surface area (Å²) in [6.45, 7) is 7.11. The highest BCUT2D eigenvalue weighted by atomic mass is 16.3. The zero-order valence-corrected chi connectivity index (χ0v) is 27.4. The van der Waals surface area contributed by atoms with Crippen molar-refractivity contribution in [3.05, 3.63) is 84.5 Å². The van der Waals surface area contributed by atoms with Crippen LogP contribution in [0.2, 0.25) is 0 Å². The van der Waals surface area contributed by atoms with Gasteiger partial charge in [0.15, 0.2) is 0 Å². The highest BCUT2D eigenvalue weighted by Gasteiger charge is 2.33. The van der Waals surface area contributed by atoms with Gasteiger partial charge < -0.3 is 21.1 Å². The number of nitrogens with zero attached hydrogens (tertiary/aromatic N) is 4. The summed E-state index contributed by atoms with van der Waals surface area (Å²) in [5, 5.41) is 16.4. The number of benzene rings is 2. The third-order valence-electron chi connectivity index (χ3n) is 7.86. The fourth-order valence-corrected chi connectivity index (χ4v) is 5.42. The number of nitrogens with one attached hydrogen (secondary N) is 2. The number of anilines is 1. The van der Waals surface area contributed by atoms with E-state index in [1.807, 2.05) is 61.2 Å². The number of nitrogens with two attached hydrogens (primary N) is 1. The topological polar surface area (TPSA) is 161 Å². The van der Waals surface area contributed by atoms with Crippen LogP contribution < -0.4 is 21.4 Å². The Balaban J connectivity index is 1.62.